The predicted molar refractivity (Wildman–Crippen MR) is 74.2 cm³/mol. The van der Waals surface area contributed by atoms with Gasteiger partial charge in [0.1, 0.15) is 0 Å². The standard InChI is InChI=1S/C14H13BrF3NO2/c1-2-3-7-4-9-8(5-10(7)15)6-11(12(9)20)19-13(21)14(16,17)18/h4-5,11H,2-3,6H2,1H3,(H,19,21). The summed E-state index contributed by atoms with van der Waals surface area (Å²) in [6, 6.07) is 2.31. The summed E-state index contributed by atoms with van der Waals surface area (Å²) in [5.41, 5.74) is 1.99. The molecule has 0 aromatic heterocycles. The molecule has 0 radical (unpaired) electrons. The molecule has 7 heteroatoms. The predicted octanol–water partition coefficient (Wildman–Crippen LogP) is 3.19. The van der Waals surface area contributed by atoms with E-state index in [4.69, 9.17) is 0 Å². The highest BCUT2D eigenvalue weighted by Crippen LogP contribution is 2.30. The molecule has 0 heterocycles. The molecule has 1 atom stereocenters. The Morgan fingerprint density at radius 2 is 2.10 bits per heavy atom. The number of aryl methyl sites for hydroxylation is 1. The molecule has 114 valence electrons. The van der Waals surface area contributed by atoms with E-state index in [1.807, 2.05) is 6.92 Å². The van der Waals surface area contributed by atoms with E-state index in [0.717, 1.165) is 22.9 Å². The molecule has 0 bridgehead atoms. The number of alkyl halides is 3. The Bertz CT molecular complexity index is 599. The van der Waals surface area contributed by atoms with Crippen LogP contribution in [0.4, 0.5) is 13.2 Å². The van der Waals surface area contributed by atoms with Crippen LogP contribution in [-0.4, -0.2) is 23.9 Å². The number of halogens is 4. The maximum absolute atomic E-state index is 12.3. The minimum atomic E-state index is -4.98. The highest BCUT2D eigenvalue weighted by molar-refractivity contribution is 9.10. The molecule has 0 saturated carbocycles. The van der Waals surface area contributed by atoms with Gasteiger partial charge in [0.25, 0.3) is 0 Å². The number of fused-ring (bicyclic) bond motifs is 1. The van der Waals surface area contributed by atoms with Crippen molar-refractivity contribution < 1.29 is 22.8 Å². The van der Waals surface area contributed by atoms with Crippen LogP contribution in [0.25, 0.3) is 0 Å². The van der Waals surface area contributed by atoms with Gasteiger partial charge in [0.05, 0.1) is 6.04 Å². The van der Waals surface area contributed by atoms with Crippen LogP contribution in [-0.2, 0) is 17.6 Å². The number of Topliss-reactive ketones (excluding diaryl/α,β-unsaturated/α-hetero) is 1. The van der Waals surface area contributed by atoms with Gasteiger partial charge in [0.15, 0.2) is 5.78 Å². The molecular formula is C14H13BrF3NO2. The van der Waals surface area contributed by atoms with Crippen LogP contribution < -0.4 is 5.32 Å². The Morgan fingerprint density at radius 1 is 1.43 bits per heavy atom. The lowest BCUT2D eigenvalue weighted by atomic mass is 10.0. The van der Waals surface area contributed by atoms with Crippen LogP contribution in [0.3, 0.4) is 0 Å². The van der Waals surface area contributed by atoms with Gasteiger partial charge in [0, 0.05) is 16.5 Å². The fourth-order valence-electron chi connectivity index (χ4n) is 2.38. The first-order valence-electron chi connectivity index (χ1n) is 6.47. The maximum Gasteiger partial charge on any atom is 0.471 e. The molecule has 2 rings (SSSR count). The Balaban J connectivity index is 2.22. The lowest BCUT2D eigenvalue weighted by Crippen LogP contribution is -2.45. The summed E-state index contributed by atoms with van der Waals surface area (Å²) in [6.07, 6.45) is -3.25. The molecule has 1 aromatic carbocycles. The second kappa shape index (κ2) is 5.79. The largest absolute Gasteiger partial charge is 0.471 e. The Morgan fingerprint density at radius 3 is 2.67 bits per heavy atom. The maximum atomic E-state index is 12.3. The van der Waals surface area contributed by atoms with Gasteiger partial charge < -0.3 is 5.32 Å². The number of ketones is 1. The van der Waals surface area contributed by atoms with Gasteiger partial charge >= 0.3 is 12.1 Å². The number of amides is 1. The zero-order valence-electron chi connectivity index (χ0n) is 11.2. The summed E-state index contributed by atoms with van der Waals surface area (Å²) in [5.74, 6) is -2.55. The van der Waals surface area contributed by atoms with Gasteiger partial charge in [0.2, 0.25) is 0 Å². The third-order valence-corrected chi connectivity index (χ3v) is 4.10. The van der Waals surface area contributed by atoms with Crippen molar-refractivity contribution in [2.45, 2.75) is 38.4 Å². The third kappa shape index (κ3) is 3.28. The highest BCUT2D eigenvalue weighted by atomic mass is 79.9. The smallest absolute Gasteiger partial charge is 0.338 e. The molecule has 1 aromatic rings. The summed E-state index contributed by atoms with van der Waals surface area (Å²) in [6.45, 7) is 1.99. The van der Waals surface area contributed by atoms with Gasteiger partial charge in [-0.25, -0.2) is 0 Å². The van der Waals surface area contributed by atoms with Crippen LogP contribution >= 0.6 is 15.9 Å². The highest BCUT2D eigenvalue weighted by Gasteiger charge is 2.42. The third-order valence-electron chi connectivity index (χ3n) is 3.36. The number of hydrogen-bond donors (Lipinski definition) is 1. The molecule has 0 saturated heterocycles. The number of rotatable bonds is 3. The Labute approximate surface area is 128 Å². The summed E-state index contributed by atoms with van der Waals surface area (Å²) in [7, 11) is 0. The molecule has 1 unspecified atom stereocenters. The van der Waals surface area contributed by atoms with E-state index < -0.39 is 23.9 Å². The topological polar surface area (TPSA) is 46.2 Å². The molecule has 1 aliphatic rings. The average molecular weight is 364 g/mol. The number of nitrogens with one attached hydrogen (secondary N) is 1. The van der Waals surface area contributed by atoms with Gasteiger partial charge in [-0.05, 0) is 29.7 Å². The molecule has 0 aliphatic heterocycles. The fourth-order valence-corrected chi connectivity index (χ4v) is 2.96. The molecule has 1 aliphatic carbocycles. The Kier molecular flexibility index (Phi) is 4.41. The minimum absolute atomic E-state index is 0.0843. The van der Waals surface area contributed by atoms with Crippen molar-refractivity contribution >= 4 is 27.6 Å². The van der Waals surface area contributed by atoms with Crippen LogP contribution in [0.15, 0.2) is 16.6 Å². The van der Waals surface area contributed by atoms with Gasteiger partial charge in [-0.1, -0.05) is 29.3 Å². The molecule has 0 spiro atoms. The lowest BCUT2D eigenvalue weighted by Gasteiger charge is -2.12. The van der Waals surface area contributed by atoms with Crippen molar-refractivity contribution in [3.8, 4) is 0 Å². The van der Waals surface area contributed by atoms with E-state index in [-0.39, 0.29) is 6.42 Å². The van der Waals surface area contributed by atoms with Crippen molar-refractivity contribution in [3.63, 3.8) is 0 Å². The van der Waals surface area contributed by atoms with E-state index in [9.17, 15) is 22.8 Å². The Hall–Kier alpha value is -1.37. The van der Waals surface area contributed by atoms with E-state index in [1.54, 1.807) is 17.4 Å². The average Bonchev–Trinajstić information content (AvgIpc) is 2.66. The van der Waals surface area contributed by atoms with Crippen LogP contribution in [0.5, 0.6) is 0 Å². The molecule has 3 nitrogen and oxygen atoms in total. The quantitative estimate of drug-likeness (QED) is 0.896. The summed E-state index contributed by atoms with van der Waals surface area (Å²) in [4.78, 5) is 23.1. The molecule has 21 heavy (non-hydrogen) atoms. The van der Waals surface area contributed by atoms with Crippen molar-refractivity contribution in [2.24, 2.45) is 0 Å². The second-order valence-electron chi connectivity index (χ2n) is 4.94. The first-order valence-corrected chi connectivity index (χ1v) is 7.26. The number of carbonyl (C=O) groups excluding carboxylic acids is 2. The molecule has 1 amide bonds. The van der Waals surface area contributed by atoms with Gasteiger partial charge in [-0.3, -0.25) is 9.59 Å². The molecular weight excluding hydrogens is 351 g/mol. The van der Waals surface area contributed by atoms with E-state index in [2.05, 4.69) is 15.9 Å². The van der Waals surface area contributed by atoms with Gasteiger partial charge in [-0.2, -0.15) is 13.2 Å². The van der Waals surface area contributed by atoms with Crippen molar-refractivity contribution in [1.82, 2.24) is 5.32 Å². The molecule has 1 N–H and O–H groups in total. The molecule has 0 fully saturated rings. The monoisotopic (exact) mass is 363 g/mol. The number of carbonyl (C=O) groups is 2. The number of hydrogen-bond acceptors (Lipinski definition) is 2. The normalized spacial score (nSPS) is 17.8. The SMILES string of the molecule is CCCc1cc2c(cc1Br)CC(NC(=O)C(F)(F)F)C2=O. The summed E-state index contributed by atoms with van der Waals surface area (Å²) in [5, 5.41) is 1.76. The van der Waals surface area contributed by atoms with Gasteiger partial charge in [-0.15, -0.1) is 0 Å². The van der Waals surface area contributed by atoms with E-state index >= 15 is 0 Å². The number of benzene rings is 1. The first-order chi connectivity index (χ1) is 9.74. The second-order valence-corrected chi connectivity index (χ2v) is 5.80. The lowest BCUT2D eigenvalue weighted by molar-refractivity contribution is -0.174. The van der Waals surface area contributed by atoms with Crippen molar-refractivity contribution in [1.29, 1.82) is 0 Å². The van der Waals surface area contributed by atoms with Crippen LogP contribution in [0.2, 0.25) is 0 Å². The van der Waals surface area contributed by atoms with Crippen LogP contribution in [0, 0.1) is 0 Å². The first kappa shape index (κ1) is 16.0. The van der Waals surface area contributed by atoms with E-state index in [1.165, 1.54) is 0 Å². The van der Waals surface area contributed by atoms with Crippen molar-refractivity contribution in [3.05, 3.63) is 33.3 Å². The minimum Gasteiger partial charge on any atom is -0.338 e. The summed E-state index contributed by atoms with van der Waals surface area (Å²) >= 11 is 3.39. The zero-order valence-corrected chi connectivity index (χ0v) is 12.8. The summed E-state index contributed by atoms with van der Waals surface area (Å²) < 4.78 is 37.6. The van der Waals surface area contributed by atoms with E-state index in [0.29, 0.717) is 11.1 Å². The van der Waals surface area contributed by atoms with Crippen LogP contribution in [0.1, 0.15) is 34.8 Å². The fraction of sp³-hybridized carbons (Fsp3) is 0.429. The zero-order chi connectivity index (χ0) is 15.8. The van der Waals surface area contributed by atoms with Crippen molar-refractivity contribution in [2.75, 3.05) is 0 Å².